The highest BCUT2D eigenvalue weighted by atomic mass is 35.5. The zero-order valence-electron chi connectivity index (χ0n) is 16.1. The third kappa shape index (κ3) is 5.88. The van der Waals surface area contributed by atoms with Crippen molar-refractivity contribution in [1.29, 1.82) is 0 Å². The van der Waals surface area contributed by atoms with Crippen molar-refractivity contribution in [3.63, 3.8) is 0 Å². The fraction of sp³-hybridized carbons (Fsp3) is 0.0476. The molecule has 0 radical (unpaired) electrons. The lowest BCUT2D eigenvalue weighted by Crippen LogP contribution is -2.15. The fourth-order valence-corrected chi connectivity index (χ4v) is 3.49. The fourth-order valence-electron chi connectivity index (χ4n) is 2.56. The van der Waals surface area contributed by atoms with E-state index in [0.29, 0.717) is 16.1 Å². The minimum absolute atomic E-state index is 0.0798. The first-order valence-electron chi connectivity index (χ1n) is 8.90. The van der Waals surface area contributed by atoms with Crippen LogP contribution in [0.15, 0.2) is 65.8 Å². The lowest BCUT2D eigenvalue weighted by atomic mass is 10.1. The molecule has 0 saturated carbocycles. The number of carbonyl (C=O) groups is 1. The van der Waals surface area contributed by atoms with Gasteiger partial charge in [-0.05, 0) is 42.0 Å². The zero-order chi connectivity index (χ0) is 23.3. The van der Waals surface area contributed by atoms with Crippen molar-refractivity contribution in [1.82, 2.24) is 0 Å². The molecule has 8 nitrogen and oxygen atoms in total. The summed E-state index contributed by atoms with van der Waals surface area (Å²) in [5, 5.41) is 15.2. The summed E-state index contributed by atoms with van der Waals surface area (Å²) in [6, 6.07) is 14.8. The van der Waals surface area contributed by atoms with Gasteiger partial charge < -0.3 is 15.3 Å². The van der Waals surface area contributed by atoms with Gasteiger partial charge in [0, 0.05) is 22.7 Å². The molecule has 0 aliphatic carbocycles. The van der Waals surface area contributed by atoms with Crippen molar-refractivity contribution in [2.75, 3.05) is 0 Å². The number of nitrogens with zero attached hydrogens (tertiary/aromatic N) is 2. The van der Waals surface area contributed by atoms with E-state index in [2.05, 4.69) is 5.16 Å². The second-order valence-electron chi connectivity index (χ2n) is 6.35. The van der Waals surface area contributed by atoms with E-state index in [-0.39, 0.29) is 39.5 Å². The van der Waals surface area contributed by atoms with Crippen molar-refractivity contribution in [3.05, 3.63) is 103 Å². The Labute approximate surface area is 197 Å². The largest absolute Gasteiger partial charge is 0.486 e. The van der Waals surface area contributed by atoms with Gasteiger partial charge in [-0.25, -0.2) is 4.79 Å². The maximum atomic E-state index is 12.3. The minimum Gasteiger partial charge on any atom is -0.486 e. The number of hydrogen-bond donors (Lipinski definition) is 1. The summed E-state index contributed by atoms with van der Waals surface area (Å²) < 4.78 is 5.66. The molecule has 3 rings (SSSR count). The van der Waals surface area contributed by atoms with Crippen molar-refractivity contribution in [2.45, 2.75) is 6.61 Å². The zero-order valence-corrected chi connectivity index (χ0v) is 18.4. The standard InChI is InChI=1S/C21H14Cl3N3O5/c22-15-9-17(23)19(18(24)10-15)31-11-12-2-1-3-14(8-12)21(28)32-26-20(25)13-4-6-16(7-5-13)27(29)30/h1-10H,11H2,(H2,25,26). The van der Waals surface area contributed by atoms with E-state index >= 15 is 0 Å². The number of oxime groups is 1. The number of non-ortho nitro benzene ring substituents is 1. The van der Waals surface area contributed by atoms with Gasteiger partial charge in [0.2, 0.25) is 0 Å². The minimum atomic E-state index is -0.751. The van der Waals surface area contributed by atoms with Crippen LogP contribution in [0.1, 0.15) is 21.5 Å². The summed E-state index contributed by atoms with van der Waals surface area (Å²) in [5.41, 5.74) is 6.90. The molecule has 0 spiro atoms. The molecule has 0 fully saturated rings. The smallest absolute Gasteiger partial charge is 0.365 e. The lowest BCUT2D eigenvalue weighted by molar-refractivity contribution is -0.384. The van der Waals surface area contributed by atoms with Crippen molar-refractivity contribution in [2.24, 2.45) is 10.9 Å². The quantitative estimate of drug-likeness (QED) is 0.150. The highest BCUT2D eigenvalue weighted by molar-refractivity contribution is 6.40. The summed E-state index contributed by atoms with van der Waals surface area (Å²) in [5.74, 6) is -0.592. The molecule has 3 aromatic rings. The van der Waals surface area contributed by atoms with Gasteiger partial charge in [0.05, 0.1) is 20.5 Å². The van der Waals surface area contributed by atoms with Gasteiger partial charge in [0.25, 0.3) is 5.69 Å². The normalized spacial score (nSPS) is 11.2. The molecule has 0 heterocycles. The Hall–Kier alpha value is -3.33. The van der Waals surface area contributed by atoms with Gasteiger partial charge in [-0.3, -0.25) is 10.1 Å². The Kier molecular flexibility index (Phi) is 7.53. The molecule has 0 atom stereocenters. The molecular formula is C21H14Cl3N3O5. The van der Waals surface area contributed by atoms with Crippen molar-refractivity contribution >= 4 is 52.3 Å². The summed E-state index contributed by atoms with van der Waals surface area (Å²) in [7, 11) is 0. The molecular weight excluding hydrogens is 481 g/mol. The highest BCUT2D eigenvalue weighted by Gasteiger charge is 2.12. The maximum absolute atomic E-state index is 12.3. The second-order valence-corrected chi connectivity index (χ2v) is 7.60. The Morgan fingerprint density at radius 3 is 2.28 bits per heavy atom. The maximum Gasteiger partial charge on any atom is 0.365 e. The van der Waals surface area contributed by atoms with Crippen molar-refractivity contribution in [3.8, 4) is 5.75 Å². The molecule has 0 bridgehead atoms. The van der Waals surface area contributed by atoms with Crippen LogP contribution in [-0.4, -0.2) is 16.7 Å². The molecule has 0 aromatic heterocycles. The van der Waals surface area contributed by atoms with Crippen LogP contribution in [0.4, 0.5) is 5.69 Å². The monoisotopic (exact) mass is 493 g/mol. The summed E-state index contributed by atoms with van der Waals surface area (Å²) in [6.45, 7) is 0.0798. The molecule has 0 aliphatic heterocycles. The number of ether oxygens (including phenoxy) is 1. The number of benzene rings is 3. The van der Waals surface area contributed by atoms with Crippen LogP contribution >= 0.6 is 34.8 Å². The highest BCUT2D eigenvalue weighted by Crippen LogP contribution is 2.36. The van der Waals surface area contributed by atoms with Crippen LogP contribution in [0, 0.1) is 10.1 Å². The van der Waals surface area contributed by atoms with Crippen LogP contribution in [-0.2, 0) is 11.4 Å². The van der Waals surface area contributed by atoms with Gasteiger partial charge in [-0.1, -0.05) is 52.1 Å². The van der Waals surface area contributed by atoms with E-state index < -0.39 is 10.9 Å². The number of carbonyl (C=O) groups excluding carboxylic acids is 1. The number of amidine groups is 1. The van der Waals surface area contributed by atoms with Gasteiger partial charge in [0.15, 0.2) is 11.6 Å². The van der Waals surface area contributed by atoms with Crippen LogP contribution in [0.5, 0.6) is 5.75 Å². The molecule has 0 unspecified atom stereocenters. The molecule has 2 N–H and O–H groups in total. The van der Waals surface area contributed by atoms with Crippen LogP contribution in [0.3, 0.4) is 0 Å². The first-order valence-corrected chi connectivity index (χ1v) is 10.0. The molecule has 32 heavy (non-hydrogen) atoms. The number of hydrogen-bond acceptors (Lipinski definition) is 6. The average molecular weight is 495 g/mol. The molecule has 3 aromatic carbocycles. The SMILES string of the molecule is N/C(=N\OC(=O)c1cccc(COc2c(Cl)cc(Cl)cc2Cl)c1)c1ccc([N+](=O)[O-])cc1. The van der Waals surface area contributed by atoms with E-state index in [1.165, 1.54) is 42.5 Å². The van der Waals surface area contributed by atoms with Crippen molar-refractivity contribution < 1.29 is 19.3 Å². The predicted molar refractivity (Wildman–Crippen MR) is 121 cm³/mol. The van der Waals surface area contributed by atoms with E-state index in [1.807, 2.05) is 0 Å². The van der Waals surface area contributed by atoms with E-state index in [0.717, 1.165) is 0 Å². The molecule has 164 valence electrons. The van der Waals surface area contributed by atoms with E-state index in [1.54, 1.807) is 18.2 Å². The van der Waals surface area contributed by atoms with E-state index in [4.69, 9.17) is 50.1 Å². The van der Waals surface area contributed by atoms with Gasteiger partial charge in [-0.15, -0.1) is 0 Å². The average Bonchev–Trinajstić information content (AvgIpc) is 2.76. The Morgan fingerprint density at radius 2 is 1.66 bits per heavy atom. The summed E-state index contributed by atoms with van der Waals surface area (Å²) >= 11 is 18.1. The Morgan fingerprint density at radius 1 is 1.00 bits per heavy atom. The Balaban J connectivity index is 1.66. The first-order chi connectivity index (χ1) is 15.2. The van der Waals surface area contributed by atoms with E-state index in [9.17, 15) is 14.9 Å². The van der Waals surface area contributed by atoms with Crippen LogP contribution in [0.2, 0.25) is 15.1 Å². The third-order valence-electron chi connectivity index (χ3n) is 4.11. The molecule has 0 aliphatic rings. The van der Waals surface area contributed by atoms with Crippen LogP contribution < -0.4 is 10.5 Å². The van der Waals surface area contributed by atoms with Gasteiger partial charge in [-0.2, -0.15) is 0 Å². The molecule has 11 heteroatoms. The lowest BCUT2D eigenvalue weighted by Gasteiger charge is -2.11. The molecule has 0 amide bonds. The predicted octanol–water partition coefficient (Wildman–Crippen LogP) is 5.61. The third-order valence-corrected chi connectivity index (χ3v) is 4.89. The molecule has 0 saturated heterocycles. The number of nitro benzene ring substituents is 1. The van der Waals surface area contributed by atoms with Crippen LogP contribution in [0.25, 0.3) is 0 Å². The number of nitro groups is 1. The van der Waals surface area contributed by atoms with Gasteiger partial charge in [0.1, 0.15) is 6.61 Å². The summed E-state index contributed by atoms with van der Waals surface area (Å²) in [6.07, 6.45) is 0. The first kappa shape index (κ1) is 23.3. The van der Waals surface area contributed by atoms with Gasteiger partial charge >= 0.3 is 5.97 Å². The second kappa shape index (κ2) is 10.3. The summed E-state index contributed by atoms with van der Waals surface area (Å²) in [4.78, 5) is 27.4. The number of nitrogens with two attached hydrogens (primary N) is 1. The Bertz CT molecular complexity index is 1180. The number of halogens is 3. The topological polar surface area (TPSA) is 117 Å². The number of rotatable bonds is 7.